The lowest BCUT2D eigenvalue weighted by molar-refractivity contribution is 0.786. The van der Waals surface area contributed by atoms with E-state index in [2.05, 4.69) is 35.9 Å². The summed E-state index contributed by atoms with van der Waals surface area (Å²) in [4.78, 5) is 0. The average Bonchev–Trinajstić information content (AvgIpc) is 2.49. The molecule has 0 atom stereocenters. The van der Waals surface area contributed by atoms with Gasteiger partial charge in [0.1, 0.15) is 0 Å². The van der Waals surface area contributed by atoms with Crippen molar-refractivity contribution in [2.24, 2.45) is 0 Å². The number of nitrogens with zero attached hydrogens (tertiary/aromatic N) is 1. The highest BCUT2D eigenvalue weighted by molar-refractivity contribution is 5.74. The van der Waals surface area contributed by atoms with Crippen LogP contribution >= 0.6 is 0 Å². The Bertz CT molecular complexity index is 365. The van der Waals surface area contributed by atoms with Gasteiger partial charge in [-0.3, -0.25) is 5.01 Å². The standard InChI is InChI=1S/C10H11N3/c1-3-6-13-10-7-8(2)4-5-9(10)11-12-13/h1,4-5,7,11-12H,6H2,2H3. The van der Waals surface area contributed by atoms with Gasteiger partial charge < -0.3 is 5.43 Å². The van der Waals surface area contributed by atoms with Crippen LogP contribution in [0.25, 0.3) is 0 Å². The van der Waals surface area contributed by atoms with Gasteiger partial charge in [0.15, 0.2) is 0 Å². The third kappa shape index (κ3) is 1.32. The number of hydrogen-bond acceptors (Lipinski definition) is 3. The largest absolute Gasteiger partial charge is 0.302 e. The molecule has 1 aliphatic rings. The molecule has 0 spiro atoms. The van der Waals surface area contributed by atoms with Crippen molar-refractivity contribution in [1.29, 1.82) is 0 Å². The zero-order chi connectivity index (χ0) is 9.26. The van der Waals surface area contributed by atoms with Gasteiger partial charge in [0.2, 0.25) is 0 Å². The zero-order valence-corrected chi connectivity index (χ0v) is 7.46. The van der Waals surface area contributed by atoms with Gasteiger partial charge in [0.25, 0.3) is 0 Å². The molecule has 0 aromatic heterocycles. The molecule has 3 heteroatoms. The zero-order valence-electron chi connectivity index (χ0n) is 7.46. The molecule has 0 amide bonds. The number of hydrogen-bond donors (Lipinski definition) is 2. The lowest BCUT2D eigenvalue weighted by Crippen LogP contribution is -2.36. The van der Waals surface area contributed by atoms with Crippen LogP contribution in [0.15, 0.2) is 18.2 Å². The van der Waals surface area contributed by atoms with Crippen molar-refractivity contribution < 1.29 is 0 Å². The van der Waals surface area contributed by atoms with E-state index in [1.54, 1.807) is 0 Å². The third-order valence-corrected chi connectivity index (χ3v) is 2.02. The second-order valence-electron chi connectivity index (χ2n) is 3.05. The highest BCUT2D eigenvalue weighted by Gasteiger charge is 2.16. The summed E-state index contributed by atoms with van der Waals surface area (Å²) in [7, 11) is 0. The molecule has 0 aliphatic carbocycles. The minimum Gasteiger partial charge on any atom is -0.302 e. The summed E-state index contributed by atoms with van der Waals surface area (Å²) in [5.74, 6) is 2.59. The van der Waals surface area contributed by atoms with E-state index >= 15 is 0 Å². The van der Waals surface area contributed by atoms with Gasteiger partial charge in [-0.15, -0.1) is 12.0 Å². The Hall–Kier alpha value is -1.66. The molecular formula is C10H11N3. The highest BCUT2D eigenvalue weighted by Crippen LogP contribution is 2.29. The predicted molar refractivity (Wildman–Crippen MR) is 54.1 cm³/mol. The number of anilines is 2. The molecule has 0 radical (unpaired) electrons. The Morgan fingerprint density at radius 2 is 2.38 bits per heavy atom. The van der Waals surface area contributed by atoms with E-state index in [-0.39, 0.29) is 0 Å². The number of hydrazine groups is 2. The van der Waals surface area contributed by atoms with E-state index in [0.29, 0.717) is 6.54 Å². The predicted octanol–water partition coefficient (Wildman–Crippen LogP) is 1.28. The first-order valence-electron chi connectivity index (χ1n) is 4.14. The average molecular weight is 173 g/mol. The molecule has 2 rings (SSSR count). The first-order valence-corrected chi connectivity index (χ1v) is 4.14. The highest BCUT2D eigenvalue weighted by atomic mass is 15.7. The lowest BCUT2D eigenvalue weighted by Gasteiger charge is -2.13. The molecule has 13 heavy (non-hydrogen) atoms. The van der Waals surface area contributed by atoms with Gasteiger partial charge in [-0.1, -0.05) is 12.0 Å². The van der Waals surface area contributed by atoms with Crippen molar-refractivity contribution in [3.8, 4) is 12.3 Å². The van der Waals surface area contributed by atoms with Gasteiger partial charge in [-0.2, -0.15) is 0 Å². The number of benzene rings is 1. The summed E-state index contributed by atoms with van der Waals surface area (Å²) in [6, 6.07) is 6.20. The Morgan fingerprint density at radius 1 is 1.54 bits per heavy atom. The fourth-order valence-electron chi connectivity index (χ4n) is 1.37. The fraction of sp³-hybridized carbons (Fsp3) is 0.200. The van der Waals surface area contributed by atoms with E-state index in [9.17, 15) is 0 Å². The van der Waals surface area contributed by atoms with Crippen LogP contribution in [0.5, 0.6) is 0 Å². The van der Waals surface area contributed by atoms with Crippen LogP contribution in [0, 0.1) is 19.3 Å². The first-order chi connectivity index (χ1) is 6.31. The lowest BCUT2D eigenvalue weighted by atomic mass is 10.2. The maximum atomic E-state index is 5.24. The van der Waals surface area contributed by atoms with Crippen LogP contribution in [0.3, 0.4) is 0 Å². The maximum Gasteiger partial charge on any atom is 0.0968 e. The number of fused-ring (bicyclic) bond motifs is 1. The molecule has 0 bridgehead atoms. The SMILES string of the molecule is C#CCN1NNc2ccc(C)cc21. The van der Waals surface area contributed by atoms with Crippen LogP contribution in [0.2, 0.25) is 0 Å². The molecule has 0 fully saturated rings. The Morgan fingerprint density at radius 3 is 3.15 bits per heavy atom. The van der Waals surface area contributed by atoms with Gasteiger partial charge in [0, 0.05) is 0 Å². The minimum absolute atomic E-state index is 0.559. The summed E-state index contributed by atoms with van der Waals surface area (Å²) in [5, 5.41) is 1.91. The van der Waals surface area contributed by atoms with Crippen molar-refractivity contribution in [3.05, 3.63) is 23.8 Å². The van der Waals surface area contributed by atoms with Gasteiger partial charge in [-0.05, 0) is 24.6 Å². The molecular weight excluding hydrogens is 162 g/mol. The van der Waals surface area contributed by atoms with E-state index in [4.69, 9.17) is 6.42 Å². The van der Waals surface area contributed by atoms with E-state index in [1.165, 1.54) is 5.56 Å². The molecule has 66 valence electrons. The second-order valence-corrected chi connectivity index (χ2v) is 3.05. The number of terminal acetylenes is 1. The quantitative estimate of drug-likeness (QED) is 0.626. The second kappa shape index (κ2) is 3.00. The van der Waals surface area contributed by atoms with Gasteiger partial charge in [-0.25, -0.2) is 0 Å². The Kier molecular flexibility index (Phi) is 1.84. The Balaban J connectivity index is 2.36. The van der Waals surface area contributed by atoms with E-state index in [1.807, 2.05) is 11.1 Å². The number of nitrogens with one attached hydrogen (secondary N) is 2. The minimum atomic E-state index is 0.559. The molecule has 2 N–H and O–H groups in total. The van der Waals surface area contributed by atoms with Crippen molar-refractivity contribution in [2.75, 3.05) is 17.0 Å². The number of rotatable bonds is 1. The maximum absolute atomic E-state index is 5.24. The number of aryl methyl sites for hydroxylation is 1. The normalized spacial score (nSPS) is 13.4. The summed E-state index contributed by atoms with van der Waals surface area (Å²) < 4.78 is 0. The van der Waals surface area contributed by atoms with Crippen LogP contribution < -0.4 is 16.0 Å². The molecule has 1 heterocycles. The van der Waals surface area contributed by atoms with Gasteiger partial charge in [0.05, 0.1) is 17.9 Å². The Labute approximate surface area is 77.7 Å². The molecule has 1 aromatic rings. The van der Waals surface area contributed by atoms with Gasteiger partial charge >= 0.3 is 0 Å². The van der Waals surface area contributed by atoms with Crippen molar-refractivity contribution in [2.45, 2.75) is 6.92 Å². The molecule has 0 saturated carbocycles. The molecule has 0 saturated heterocycles. The fourth-order valence-corrected chi connectivity index (χ4v) is 1.37. The molecule has 3 nitrogen and oxygen atoms in total. The van der Waals surface area contributed by atoms with E-state index < -0.39 is 0 Å². The smallest absolute Gasteiger partial charge is 0.0968 e. The monoisotopic (exact) mass is 173 g/mol. The topological polar surface area (TPSA) is 27.3 Å². The van der Waals surface area contributed by atoms with Crippen molar-refractivity contribution in [3.63, 3.8) is 0 Å². The van der Waals surface area contributed by atoms with Crippen LogP contribution in [-0.4, -0.2) is 6.54 Å². The van der Waals surface area contributed by atoms with Crippen LogP contribution in [-0.2, 0) is 0 Å². The molecule has 0 unspecified atom stereocenters. The summed E-state index contributed by atoms with van der Waals surface area (Å²) in [5.41, 5.74) is 9.44. The van der Waals surface area contributed by atoms with E-state index in [0.717, 1.165) is 11.4 Å². The van der Waals surface area contributed by atoms with Crippen molar-refractivity contribution >= 4 is 11.4 Å². The summed E-state index contributed by atoms with van der Waals surface area (Å²) >= 11 is 0. The third-order valence-electron chi connectivity index (χ3n) is 2.02. The molecule has 1 aliphatic heterocycles. The van der Waals surface area contributed by atoms with Crippen LogP contribution in [0.1, 0.15) is 5.56 Å². The van der Waals surface area contributed by atoms with Crippen molar-refractivity contribution in [1.82, 2.24) is 5.53 Å². The first kappa shape index (κ1) is 7.96. The summed E-state index contributed by atoms with van der Waals surface area (Å²) in [6.45, 7) is 2.62. The van der Waals surface area contributed by atoms with Crippen LogP contribution in [0.4, 0.5) is 11.4 Å². The molecule has 1 aromatic carbocycles. The summed E-state index contributed by atoms with van der Waals surface area (Å²) in [6.07, 6.45) is 5.24.